The van der Waals surface area contributed by atoms with Crippen LogP contribution in [0.3, 0.4) is 0 Å². The normalized spacial score (nSPS) is 14.9. The zero-order valence-electron chi connectivity index (χ0n) is 22.2. The van der Waals surface area contributed by atoms with E-state index in [1.54, 1.807) is 4.57 Å². The second-order valence-corrected chi connectivity index (χ2v) is 10.3. The number of carbonyl (C=O) groups is 1. The summed E-state index contributed by atoms with van der Waals surface area (Å²) in [5, 5.41) is 0.601. The minimum Gasteiger partial charge on any atom is -0.333 e. The predicted octanol–water partition coefficient (Wildman–Crippen LogP) is 7.00. The molecule has 1 aromatic heterocycles. The molecule has 1 unspecified atom stereocenters. The van der Waals surface area contributed by atoms with Crippen molar-refractivity contribution in [1.82, 2.24) is 14.5 Å². The minimum absolute atomic E-state index is 0.0738. The summed E-state index contributed by atoms with van der Waals surface area (Å²) in [6.07, 6.45) is 10.6. The van der Waals surface area contributed by atoms with E-state index in [1.165, 1.54) is 25.7 Å². The highest BCUT2D eigenvalue weighted by Crippen LogP contribution is 2.30. The van der Waals surface area contributed by atoms with Crippen LogP contribution >= 0.6 is 0 Å². The average Bonchev–Trinajstić information content (AvgIpc) is 3.43. The molecule has 192 valence electrons. The molecule has 0 aliphatic heterocycles. The summed E-state index contributed by atoms with van der Waals surface area (Å²) in [6, 6.07) is 15.3. The zero-order chi connectivity index (χ0) is 25.5. The van der Waals surface area contributed by atoms with Gasteiger partial charge < -0.3 is 4.90 Å². The highest BCUT2D eigenvalue weighted by Gasteiger charge is 2.28. The Morgan fingerprint density at radius 3 is 2.53 bits per heavy atom. The molecule has 1 amide bonds. The predicted molar refractivity (Wildman–Crippen MR) is 148 cm³/mol. The van der Waals surface area contributed by atoms with Crippen LogP contribution < -0.4 is 5.56 Å². The third kappa shape index (κ3) is 5.71. The van der Waals surface area contributed by atoms with E-state index < -0.39 is 0 Å². The largest absolute Gasteiger partial charge is 0.333 e. The molecule has 1 heterocycles. The van der Waals surface area contributed by atoms with Gasteiger partial charge in [0.05, 0.1) is 22.6 Å². The van der Waals surface area contributed by atoms with E-state index in [0.29, 0.717) is 35.6 Å². The highest BCUT2D eigenvalue weighted by atomic mass is 16.2. The quantitative estimate of drug-likeness (QED) is 0.274. The molecular weight excluding hydrogens is 446 g/mol. The Labute approximate surface area is 215 Å². The Balaban J connectivity index is 1.77. The Morgan fingerprint density at radius 1 is 1.06 bits per heavy atom. The van der Waals surface area contributed by atoms with Gasteiger partial charge in [-0.2, -0.15) is 0 Å². The molecule has 0 radical (unpaired) electrons. The summed E-state index contributed by atoms with van der Waals surface area (Å²) in [5.74, 6) is 1.50. The van der Waals surface area contributed by atoms with E-state index in [2.05, 4.69) is 19.9 Å². The maximum absolute atomic E-state index is 13.9. The first kappa shape index (κ1) is 26.1. The maximum atomic E-state index is 13.9. The second-order valence-electron chi connectivity index (χ2n) is 10.3. The number of benzene rings is 2. The highest BCUT2D eigenvalue weighted by molar-refractivity contribution is 5.79. The summed E-state index contributed by atoms with van der Waals surface area (Å²) >= 11 is 0. The van der Waals surface area contributed by atoms with E-state index in [9.17, 15) is 9.59 Å². The fourth-order valence-corrected chi connectivity index (χ4v) is 5.67. The molecule has 5 nitrogen and oxygen atoms in total. The summed E-state index contributed by atoms with van der Waals surface area (Å²) in [4.78, 5) is 34.6. The molecule has 3 aromatic rings. The van der Waals surface area contributed by atoms with Crippen LogP contribution in [0.15, 0.2) is 53.3 Å². The SMILES string of the molecule is CCCCCN(C(=O)CCC1CCCC1)C(C)c1nc2ccccc2c(=O)n1-c1ccccc1CC. The third-order valence-electron chi connectivity index (χ3n) is 7.82. The number of carbonyl (C=O) groups excluding carboxylic acids is 1. The van der Waals surface area contributed by atoms with Crippen LogP contribution in [-0.2, 0) is 11.2 Å². The molecule has 0 bridgehead atoms. The molecule has 36 heavy (non-hydrogen) atoms. The van der Waals surface area contributed by atoms with Gasteiger partial charge in [-0.25, -0.2) is 4.98 Å². The van der Waals surface area contributed by atoms with Gasteiger partial charge in [-0.1, -0.05) is 82.7 Å². The van der Waals surface area contributed by atoms with Gasteiger partial charge in [-0.05, 0) is 55.9 Å². The molecular formula is C31H41N3O2. The molecule has 0 spiro atoms. The van der Waals surface area contributed by atoms with E-state index in [4.69, 9.17) is 4.98 Å². The number of rotatable bonds is 11. The summed E-state index contributed by atoms with van der Waals surface area (Å²) in [7, 11) is 0. The minimum atomic E-state index is -0.305. The van der Waals surface area contributed by atoms with Crippen LogP contribution in [-0.4, -0.2) is 26.9 Å². The Kier molecular flexibility index (Phi) is 8.95. The lowest BCUT2D eigenvalue weighted by Crippen LogP contribution is -2.38. The van der Waals surface area contributed by atoms with Crippen LogP contribution in [0, 0.1) is 5.92 Å². The van der Waals surface area contributed by atoms with Crippen molar-refractivity contribution < 1.29 is 4.79 Å². The lowest BCUT2D eigenvalue weighted by atomic mass is 10.0. The number of unbranched alkanes of at least 4 members (excludes halogenated alkanes) is 2. The molecule has 4 rings (SSSR count). The summed E-state index contributed by atoms with van der Waals surface area (Å²) < 4.78 is 1.77. The molecule has 2 aromatic carbocycles. The van der Waals surface area contributed by atoms with Crippen LogP contribution in [0.2, 0.25) is 0 Å². The number of aryl methyl sites for hydroxylation is 1. The second kappa shape index (κ2) is 12.3. The number of fused-ring (bicyclic) bond motifs is 1. The number of para-hydroxylation sites is 2. The number of aromatic nitrogens is 2. The lowest BCUT2D eigenvalue weighted by Gasteiger charge is -2.31. The third-order valence-corrected chi connectivity index (χ3v) is 7.82. The van der Waals surface area contributed by atoms with Gasteiger partial charge in [0.2, 0.25) is 5.91 Å². The van der Waals surface area contributed by atoms with Gasteiger partial charge in [-0.3, -0.25) is 14.2 Å². The van der Waals surface area contributed by atoms with Crippen LogP contribution in [0.1, 0.15) is 96.0 Å². The molecule has 0 N–H and O–H groups in total. The van der Waals surface area contributed by atoms with Gasteiger partial charge in [0.25, 0.3) is 5.56 Å². The first-order valence-corrected chi connectivity index (χ1v) is 13.9. The van der Waals surface area contributed by atoms with Crippen molar-refractivity contribution >= 4 is 16.8 Å². The summed E-state index contributed by atoms with van der Waals surface area (Å²) in [5.41, 5.74) is 2.56. The molecule has 0 saturated heterocycles. The van der Waals surface area contributed by atoms with Crippen molar-refractivity contribution in [3.8, 4) is 5.69 Å². The first-order chi connectivity index (χ1) is 17.5. The molecule has 1 aliphatic rings. The van der Waals surface area contributed by atoms with Crippen molar-refractivity contribution in [3.05, 3.63) is 70.3 Å². The van der Waals surface area contributed by atoms with Crippen molar-refractivity contribution in [3.63, 3.8) is 0 Å². The van der Waals surface area contributed by atoms with Crippen molar-refractivity contribution in [2.24, 2.45) is 5.92 Å². The van der Waals surface area contributed by atoms with E-state index in [-0.39, 0.29) is 17.5 Å². The molecule has 1 saturated carbocycles. The Hall–Kier alpha value is -2.95. The molecule has 1 aliphatic carbocycles. The fourth-order valence-electron chi connectivity index (χ4n) is 5.67. The van der Waals surface area contributed by atoms with Crippen molar-refractivity contribution in [2.75, 3.05) is 6.54 Å². The summed E-state index contributed by atoms with van der Waals surface area (Å²) in [6.45, 7) is 7.02. The number of hydrogen-bond acceptors (Lipinski definition) is 3. The van der Waals surface area contributed by atoms with Crippen molar-refractivity contribution in [1.29, 1.82) is 0 Å². The standard InChI is InChI=1S/C31H41N3O2/c1-4-6-13-22-33(29(35)21-20-24-14-7-8-15-24)23(3)30-32-27-18-11-10-17-26(27)31(36)34(30)28-19-12-9-16-25(28)5-2/h9-12,16-19,23-24H,4-8,13-15,20-22H2,1-3H3. The van der Waals surface area contributed by atoms with Gasteiger partial charge in [0, 0.05) is 13.0 Å². The van der Waals surface area contributed by atoms with Crippen LogP contribution in [0.5, 0.6) is 0 Å². The molecule has 1 atom stereocenters. The van der Waals surface area contributed by atoms with E-state index in [0.717, 1.165) is 43.4 Å². The molecule has 1 fully saturated rings. The van der Waals surface area contributed by atoms with E-state index in [1.807, 2.05) is 54.3 Å². The topological polar surface area (TPSA) is 55.2 Å². The Bertz CT molecular complexity index is 1230. The fraction of sp³-hybridized carbons (Fsp3) is 0.516. The Morgan fingerprint density at radius 2 is 1.78 bits per heavy atom. The van der Waals surface area contributed by atoms with Gasteiger partial charge in [0.1, 0.15) is 5.82 Å². The number of amides is 1. The van der Waals surface area contributed by atoms with Crippen LogP contribution in [0.4, 0.5) is 0 Å². The van der Waals surface area contributed by atoms with Gasteiger partial charge >= 0.3 is 0 Å². The van der Waals surface area contributed by atoms with Crippen molar-refractivity contribution in [2.45, 2.75) is 91.0 Å². The van der Waals surface area contributed by atoms with E-state index >= 15 is 0 Å². The average molecular weight is 488 g/mol. The zero-order valence-corrected chi connectivity index (χ0v) is 22.2. The smallest absolute Gasteiger partial charge is 0.266 e. The first-order valence-electron chi connectivity index (χ1n) is 13.9. The molecule has 5 heteroatoms. The van der Waals surface area contributed by atoms with Gasteiger partial charge in [-0.15, -0.1) is 0 Å². The lowest BCUT2D eigenvalue weighted by molar-refractivity contribution is -0.134. The van der Waals surface area contributed by atoms with Gasteiger partial charge in [0.15, 0.2) is 0 Å². The number of hydrogen-bond donors (Lipinski definition) is 0. The number of nitrogens with zero attached hydrogens (tertiary/aromatic N) is 3. The monoisotopic (exact) mass is 487 g/mol. The maximum Gasteiger partial charge on any atom is 0.266 e. The van der Waals surface area contributed by atoms with Crippen LogP contribution in [0.25, 0.3) is 16.6 Å².